The summed E-state index contributed by atoms with van der Waals surface area (Å²) in [5.41, 5.74) is 3.49. The first-order chi connectivity index (χ1) is 15.3. The van der Waals surface area contributed by atoms with E-state index in [9.17, 15) is 19.2 Å². The van der Waals surface area contributed by atoms with E-state index in [0.29, 0.717) is 11.4 Å². The summed E-state index contributed by atoms with van der Waals surface area (Å²) < 4.78 is 0. The maximum absolute atomic E-state index is 12.6. The molecule has 0 saturated carbocycles. The van der Waals surface area contributed by atoms with Gasteiger partial charge in [-0.1, -0.05) is 35.4 Å². The van der Waals surface area contributed by atoms with Gasteiger partial charge in [-0.2, -0.15) is 0 Å². The Kier molecular flexibility index (Phi) is 5.94. The summed E-state index contributed by atoms with van der Waals surface area (Å²) in [5, 5.41) is 8.29. The Morgan fingerprint density at radius 2 is 1.03 bits per heavy atom. The molecule has 2 aliphatic rings. The van der Waals surface area contributed by atoms with Crippen molar-refractivity contribution in [3.63, 3.8) is 0 Å². The van der Waals surface area contributed by atoms with Gasteiger partial charge in [-0.3, -0.25) is 29.2 Å². The fourth-order valence-corrected chi connectivity index (χ4v) is 3.96. The van der Waals surface area contributed by atoms with Gasteiger partial charge in [0.1, 0.15) is 0 Å². The van der Waals surface area contributed by atoms with Crippen LogP contribution in [0.5, 0.6) is 0 Å². The largest absolute Gasteiger partial charge is 0.326 e. The van der Waals surface area contributed by atoms with Crippen LogP contribution < -0.4 is 10.6 Å². The highest BCUT2D eigenvalue weighted by Gasteiger charge is 2.44. The van der Waals surface area contributed by atoms with Crippen molar-refractivity contribution in [2.75, 3.05) is 23.7 Å². The third-order valence-corrected chi connectivity index (χ3v) is 5.88. The lowest BCUT2D eigenvalue weighted by atomic mass is 10.1. The zero-order valence-corrected chi connectivity index (χ0v) is 18.1. The number of hydrogen-bond donors (Lipinski definition) is 2. The normalized spacial score (nSPS) is 20.6. The van der Waals surface area contributed by atoms with E-state index in [1.807, 2.05) is 62.4 Å². The van der Waals surface area contributed by atoms with Crippen LogP contribution in [0, 0.1) is 25.7 Å². The van der Waals surface area contributed by atoms with E-state index in [-0.39, 0.29) is 49.6 Å². The molecule has 2 saturated heterocycles. The van der Waals surface area contributed by atoms with Gasteiger partial charge in [0.25, 0.3) is 0 Å². The highest BCUT2D eigenvalue weighted by atomic mass is 16.2. The maximum atomic E-state index is 12.6. The minimum absolute atomic E-state index is 0.0295. The number of carbonyl (C=O) groups excluding carboxylic acids is 4. The molecule has 2 fully saturated rings. The van der Waals surface area contributed by atoms with Crippen molar-refractivity contribution >= 4 is 35.0 Å². The van der Waals surface area contributed by atoms with E-state index >= 15 is 0 Å². The quantitative estimate of drug-likeness (QED) is 0.755. The van der Waals surface area contributed by atoms with Crippen LogP contribution in [0.4, 0.5) is 11.4 Å². The molecule has 4 rings (SSSR count). The van der Waals surface area contributed by atoms with Gasteiger partial charge in [0.05, 0.1) is 24.9 Å². The molecule has 166 valence electrons. The van der Waals surface area contributed by atoms with Crippen LogP contribution in [0.1, 0.15) is 24.0 Å². The zero-order valence-electron chi connectivity index (χ0n) is 18.1. The van der Waals surface area contributed by atoms with Gasteiger partial charge < -0.3 is 10.6 Å². The Hall–Kier alpha value is -3.68. The van der Waals surface area contributed by atoms with E-state index < -0.39 is 11.8 Å². The molecule has 2 unspecified atom stereocenters. The van der Waals surface area contributed by atoms with Gasteiger partial charge >= 0.3 is 0 Å². The average Bonchev–Trinajstić information content (AvgIpc) is 3.34. The van der Waals surface area contributed by atoms with Crippen LogP contribution in [0.15, 0.2) is 48.5 Å². The van der Waals surface area contributed by atoms with Gasteiger partial charge in [0.15, 0.2) is 0 Å². The Balaban J connectivity index is 1.36. The first-order valence-corrected chi connectivity index (χ1v) is 10.7. The third-order valence-electron chi connectivity index (χ3n) is 5.88. The molecule has 8 heteroatoms. The van der Waals surface area contributed by atoms with Gasteiger partial charge in [-0.25, -0.2) is 0 Å². The number of carbonyl (C=O) groups is 4. The van der Waals surface area contributed by atoms with Crippen LogP contribution in [-0.2, 0) is 19.2 Å². The standard InChI is InChI=1S/C24H26N4O4/c1-15-3-7-19(8-4-15)25-23(31)17-11-21(29)27(13-17)28-14-18(12-22(28)30)24(32)26-20-9-5-16(2)6-10-20/h3-10,17-18H,11-14H2,1-2H3,(H,25,31)(H,26,32). The van der Waals surface area contributed by atoms with Crippen molar-refractivity contribution in [1.29, 1.82) is 0 Å². The van der Waals surface area contributed by atoms with E-state index in [1.54, 1.807) is 0 Å². The maximum Gasteiger partial charge on any atom is 0.242 e. The lowest BCUT2D eigenvalue weighted by Gasteiger charge is -2.28. The molecule has 8 nitrogen and oxygen atoms in total. The fourth-order valence-electron chi connectivity index (χ4n) is 3.96. The van der Waals surface area contributed by atoms with Crippen molar-refractivity contribution in [2.24, 2.45) is 11.8 Å². The minimum Gasteiger partial charge on any atom is -0.326 e. The highest BCUT2D eigenvalue weighted by Crippen LogP contribution is 2.28. The van der Waals surface area contributed by atoms with Gasteiger partial charge in [-0.05, 0) is 38.1 Å². The Bertz CT molecular complexity index is 963. The molecule has 0 aliphatic carbocycles. The number of rotatable bonds is 5. The highest BCUT2D eigenvalue weighted by molar-refractivity contribution is 5.99. The second-order valence-corrected chi connectivity index (χ2v) is 8.46. The Morgan fingerprint density at radius 1 is 0.688 bits per heavy atom. The van der Waals surface area contributed by atoms with E-state index in [0.717, 1.165) is 11.1 Å². The van der Waals surface area contributed by atoms with Crippen molar-refractivity contribution in [2.45, 2.75) is 26.7 Å². The molecule has 0 aromatic heterocycles. The number of hydrogen-bond acceptors (Lipinski definition) is 4. The summed E-state index contributed by atoms with van der Waals surface area (Å²) in [7, 11) is 0. The molecule has 0 spiro atoms. The lowest BCUT2D eigenvalue weighted by molar-refractivity contribution is -0.155. The first kappa shape index (κ1) is 21.5. The summed E-state index contributed by atoms with van der Waals surface area (Å²) >= 11 is 0. The molecular weight excluding hydrogens is 408 g/mol. The third kappa shape index (κ3) is 4.64. The second kappa shape index (κ2) is 8.82. The molecule has 2 heterocycles. The topological polar surface area (TPSA) is 98.8 Å². The average molecular weight is 434 g/mol. The number of nitrogens with one attached hydrogen (secondary N) is 2. The summed E-state index contributed by atoms with van der Waals surface area (Å²) in [6.45, 7) is 4.16. The molecule has 0 bridgehead atoms. The first-order valence-electron chi connectivity index (χ1n) is 10.7. The number of amides is 4. The SMILES string of the molecule is Cc1ccc(NC(=O)C2CC(=O)N(N3CC(C(=O)Nc4ccc(C)cc4)CC3=O)C2)cc1. The fraction of sp³-hybridized carbons (Fsp3) is 0.333. The number of benzene rings is 2. The van der Waals surface area contributed by atoms with Crippen LogP contribution in [0.2, 0.25) is 0 Å². The van der Waals surface area contributed by atoms with E-state index in [1.165, 1.54) is 10.0 Å². The Morgan fingerprint density at radius 3 is 1.38 bits per heavy atom. The van der Waals surface area contributed by atoms with Crippen LogP contribution in [-0.4, -0.2) is 46.7 Å². The molecule has 32 heavy (non-hydrogen) atoms. The number of aryl methyl sites for hydroxylation is 2. The molecule has 4 amide bonds. The van der Waals surface area contributed by atoms with Gasteiger partial charge in [0.2, 0.25) is 23.6 Å². The van der Waals surface area contributed by atoms with Gasteiger partial charge in [-0.15, -0.1) is 0 Å². The smallest absolute Gasteiger partial charge is 0.242 e. The van der Waals surface area contributed by atoms with Crippen LogP contribution in [0.3, 0.4) is 0 Å². The molecule has 2 aliphatic heterocycles. The van der Waals surface area contributed by atoms with Crippen molar-refractivity contribution in [1.82, 2.24) is 10.0 Å². The molecule has 2 atom stereocenters. The predicted octanol–water partition coefficient (Wildman–Crippen LogP) is 2.49. The van der Waals surface area contributed by atoms with Crippen molar-refractivity contribution < 1.29 is 19.2 Å². The summed E-state index contributed by atoms with van der Waals surface area (Å²) in [4.78, 5) is 50.4. The predicted molar refractivity (Wildman–Crippen MR) is 119 cm³/mol. The molecule has 2 aromatic rings. The molecule has 2 N–H and O–H groups in total. The minimum atomic E-state index is -0.558. The molecular formula is C24H26N4O4. The molecule has 2 aromatic carbocycles. The van der Waals surface area contributed by atoms with E-state index in [2.05, 4.69) is 10.6 Å². The number of nitrogens with zero attached hydrogens (tertiary/aromatic N) is 2. The monoisotopic (exact) mass is 434 g/mol. The van der Waals surface area contributed by atoms with Crippen LogP contribution >= 0.6 is 0 Å². The van der Waals surface area contributed by atoms with Crippen molar-refractivity contribution in [3.8, 4) is 0 Å². The molecule has 0 radical (unpaired) electrons. The summed E-state index contributed by atoms with van der Waals surface area (Å²) in [6, 6.07) is 14.8. The zero-order chi connectivity index (χ0) is 22.8. The number of hydrazine groups is 1. The summed E-state index contributed by atoms with van der Waals surface area (Å²) in [6.07, 6.45) is 0.0589. The second-order valence-electron chi connectivity index (χ2n) is 8.46. The van der Waals surface area contributed by atoms with E-state index in [4.69, 9.17) is 0 Å². The Labute approximate surface area is 186 Å². The van der Waals surface area contributed by atoms with Crippen LogP contribution in [0.25, 0.3) is 0 Å². The lowest BCUT2D eigenvalue weighted by Crippen LogP contribution is -2.45. The van der Waals surface area contributed by atoms with Crippen molar-refractivity contribution in [3.05, 3.63) is 59.7 Å². The summed E-state index contributed by atoms with van der Waals surface area (Å²) in [5.74, 6) is -2.21. The van der Waals surface area contributed by atoms with Gasteiger partial charge in [0, 0.05) is 24.2 Å². The number of anilines is 2.